The van der Waals surface area contributed by atoms with Crippen molar-refractivity contribution in [1.29, 1.82) is 0 Å². The van der Waals surface area contributed by atoms with Crippen molar-refractivity contribution >= 4 is 34.5 Å². The zero-order valence-corrected chi connectivity index (χ0v) is 10.8. The van der Waals surface area contributed by atoms with E-state index in [1.165, 1.54) is 11.3 Å². The molecule has 2 rings (SSSR count). The Balaban J connectivity index is 2.21. The van der Waals surface area contributed by atoms with Crippen molar-refractivity contribution in [3.63, 3.8) is 0 Å². The Hall–Kier alpha value is 0.200. The summed E-state index contributed by atoms with van der Waals surface area (Å²) in [6.45, 7) is 0.846. The molecule has 2 heterocycles. The lowest BCUT2D eigenvalue weighted by molar-refractivity contribution is 0.0809. The lowest BCUT2D eigenvalue weighted by Crippen LogP contribution is -2.28. The van der Waals surface area contributed by atoms with Crippen molar-refractivity contribution in [3.05, 3.63) is 20.3 Å². The molecule has 1 aliphatic rings. The zero-order valence-electron chi connectivity index (χ0n) is 8.43. The molecule has 2 unspecified atom stereocenters. The van der Waals surface area contributed by atoms with Crippen LogP contribution >= 0.6 is 34.5 Å². The summed E-state index contributed by atoms with van der Waals surface area (Å²) in [4.78, 5) is 0. The fourth-order valence-corrected chi connectivity index (χ4v) is 3.52. The molecule has 1 aromatic heterocycles. The SMILES string of the molecule is CNC(c1cc(Cl)sc1Cl)C1CCCO1. The Labute approximate surface area is 104 Å². The van der Waals surface area contributed by atoms with Gasteiger partial charge in [-0.15, -0.1) is 11.3 Å². The summed E-state index contributed by atoms with van der Waals surface area (Å²) < 4.78 is 7.15. The molecule has 0 radical (unpaired) electrons. The maximum absolute atomic E-state index is 6.14. The average molecular weight is 266 g/mol. The van der Waals surface area contributed by atoms with Gasteiger partial charge in [-0.1, -0.05) is 23.2 Å². The van der Waals surface area contributed by atoms with Gasteiger partial charge in [0, 0.05) is 12.2 Å². The number of halogens is 2. The van der Waals surface area contributed by atoms with Gasteiger partial charge in [-0.05, 0) is 26.0 Å². The minimum Gasteiger partial charge on any atom is -0.376 e. The van der Waals surface area contributed by atoms with E-state index in [0.717, 1.165) is 33.7 Å². The molecule has 0 spiro atoms. The van der Waals surface area contributed by atoms with Crippen LogP contribution in [0.5, 0.6) is 0 Å². The van der Waals surface area contributed by atoms with Gasteiger partial charge >= 0.3 is 0 Å². The number of nitrogens with one attached hydrogen (secondary N) is 1. The van der Waals surface area contributed by atoms with E-state index in [1.807, 2.05) is 13.1 Å². The van der Waals surface area contributed by atoms with Crippen LogP contribution in [0, 0.1) is 0 Å². The molecule has 1 N–H and O–H groups in total. The molecule has 15 heavy (non-hydrogen) atoms. The van der Waals surface area contributed by atoms with Crippen LogP contribution in [0.25, 0.3) is 0 Å². The zero-order chi connectivity index (χ0) is 10.8. The lowest BCUT2D eigenvalue weighted by atomic mass is 10.0. The molecule has 2 atom stereocenters. The summed E-state index contributed by atoms with van der Waals surface area (Å²) in [5.41, 5.74) is 1.06. The molecule has 1 aromatic rings. The van der Waals surface area contributed by atoms with Crippen LogP contribution < -0.4 is 5.32 Å². The van der Waals surface area contributed by atoms with Gasteiger partial charge in [-0.2, -0.15) is 0 Å². The summed E-state index contributed by atoms with van der Waals surface area (Å²) in [5.74, 6) is 0. The van der Waals surface area contributed by atoms with E-state index in [9.17, 15) is 0 Å². The normalized spacial score (nSPS) is 23.3. The molecule has 0 aliphatic carbocycles. The Bertz CT molecular complexity index is 336. The highest BCUT2D eigenvalue weighted by Crippen LogP contribution is 2.38. The van der Waals surface area contributed by atoms with Crippen LogP contribution in [-0.2, 0) is 4.74 Å². The number of ether oxygens (including phenoxy) is 1. The molecular formula is C10H13Cl2NOS. The van der Waals surface area contributed by atoms with Crippen molar-refractivity contribution < 1.29 is 4.74 Å². The van der Waals surface area contributed by atoms with Crippen LogP contribution in [0.4, 0.5) is 0 Å². The molecule has 1 aliphatic heterocycles. The van der Waals surface area contributed by atoms with E-state index in [1.54, 1.807) is 0 Å². The second-order valence-electron chi connectivity index (χ2n) is 3.60. The monoisotopic (exact) mass is 265 g/mol. The molecule has 2 nitrogen and oxygen atoms in total. The number of likely N-dealkylation sites (N-methyl/N-ethyl adjacent to an activating group) is 1. The first-order chi connectivity index (χ1) is 7.22. The first kappa shape index (κ1) is 11.7. The Kier molecular flexibility index (Phi) is 3.91. The Morgan fingerprint density at radius 2 is 2.40 bits per heavy atom. The second kappa shape index (κ2) is 5.02. The number of hydrogen-bond donors (Lipinski definition) is 1. The van der Waals surface area contributed by atoms with Crippen LogP contribution in [-0.4, -0.2) is 19.8 Å². The van der Waals surface area contributed by atoms with Gasteiger partial charge in [0.1, 0.15) is 0 Å². The lowest BCUT2D eigenvalue weighted by Gasteiger charge is -2.22. The first-order valence-electron chi connectivity index (χ1n) is 4.96. The third kappa shape index (κ3) is 2.48. The van der Waals surface area contributed by atoms with E-state index in [-0.39, 0.29) is 12.1 Å². The molecule has 84 valence electrons. The summed E-state index contributed by atoms with van der Waals surface area (Å²) in [6.07, 6.45) is 2.42. The van der Waals surface area contributed by atoms with E-state index in [0.29, 0.717) is 0 Å². The maximum Gasteiger partial charge on any atom is 0.0992 e. The second-order valence-corrected chi connectivity index (χ2v) is 5.88. The fourth-order valence-electron chi connectivity index (χ4n) is 1.97. The average Bonchev–Trinajstić information content (AvgIpc) is 2.79. The van der Waals surface area contributed by atoms with Gasteiger partial charge in [0.05, 0.1) is 20.8 Å². The van der Waals surface area contributed by atoms with Gasteiger partial charge < -0.3 is 10.1 Å². The van der Waals surface area contributed by atoms with Gasteiger partial charge in [0.15, 0.2) is 0 Å². The minimum atomic E-state index is 0.156. The quantitative estimate of drug-likeness (QED) is 0.904. The first-order valence-corrected chi connectivity index (χ1v) is 6.53. The highest BCUT2D eigenvalue weighted by Gasteiger charge is 2.28. The van der Waals surface area contributed by atoms with Crippen molar-refractivity contribution in [3.8, 4) is 0 Å². The molecule has 1 saturated heterocycles. The predicted molar refractivity (Wildman–Crippen MR) is 65.1 cm³/mol. The van der Waals surface area contributed by atoms with Crippen molar-refractivity contribution in [2.24, 2.45) is 0 Å². The smallest absolute Gasteiger partial charge is 0.0992 e. The predicted octanol–water partition coefficient (Wildman–Crippen LogP) is 3.49. The summed E-state index contributed by atoms with van der Waals surface area (Å²) in [6, 6.07) is 2.08. The highest BCUT2D eigenvalue weighted by atomic mass is 35.5. The fraction of sp³-hybridized carbons (Fsp3) is 0.600. The Morgan fingerprint density at radius 1 is 1.60 bits per heavy atom. The largest absolute Gasteiger partial charge is 0.376 e. The van der Waals surface area contributed by atoms with Gasteiger partial charge in [-0.25, -0.2) is 0 Å². The van der Waals surface area contributed by atoms with E-state index < -0.39 is 0 Å². The van der Waals surface area contributed by atoms with E-state index in [4.69, 9.17) is 27.9 Å². The summed E-state index contributed by atoms with van der Waals surface area (Å²) in [7, 11) is 1.92. The maximum atomic E-state index is 6.14. The van der Waals surface area contributed by atoms with Gasteiger partial charge in [0.2, 0.25) is 0 Å². The van der Waals surface area contributed by atoms with Crippen LogP contribution in [0.15, 0.2) is 6.07 Å². The van der Waals surface area contributed by atoms with E-state index >= 15 is 0 Å². The molecule has 1 fully saturated rings. The summed E-state index contributed by atoms with van der Waals surface area (Å²) in [5, 5.41) is 3.25. The van der Waals surface area contributed by atoms with Crippen molar-refractivity contribution in [1.82, 2.24) is 5.32 Å². The van der Waals surface area contributed by atoms with Gasteiger partial charge in [0.25, 0.3) is 0 Å². The highest BCUT2D eigenvalue weighted by molar-refractivity contribution is 7.20. The van der Waals surface area contributed by atoms with Gasteiger partial charge in [-0.3, -0.25) is 0 Å². The number of thiophene rings is 1. The summed E-state index contributed by atoms with van der Waals surface area (Å²) >= 11 is 13.5. The van der Waals surface area contributed by atoms with Crippen molar-refractivity contribution in [2.75, 3.05) is 13.7 Å². The molecule has 0 saturated carbocycles. The molecule has 0 aromatic carbocycles. The van der Waals surface area contributed by atoms with Crippen LogP contribution in [0.3, 0.4) is 0 Å². The molecule has 0 amide bonds. The minimum absolute atomic E-state index is 0.156. The third-order valence-electron chi connectivity index (χ3n) is 2.67. The molecule has 0 bridgehead atoms. The third-order valence-corrected chi connectivity index (χ3v) is 4.18. The number of hydrogen-bond acceptors (Lipinski definition) is 3. The Morgan fingerprint density at radius 3 is 2.87 bits per heavy atom. The van der Waals surface area contributed by atoms with E-state index in [2.05, 4.69) is 5.32 Å². The van der Waals surface area contributed by atoms with Crippen molar-refractivity contribution in [2.45, 2.75) is 25.0 Å². The topological polar surface area (TPSA) is 21.3 Å². The number of rotatable bonds is 3. The molecule has 5 heteroatoms. The van der Waals surface area contributed by atoms with Crippen LogP contribution in [0.1, 0.15) is 24.4 Å². The standard InChI is InChI=1S/C10H13Cl2NOS/c1-13-9(7-3-2-4-14-7)6-5-8(11)15-10(6)12/h5,7,9,13H,2-4H2,1H3. The molecular weight excluding hydrogens is 253 g/mol. The van der Waals surface area contributed by atoms with Crippen LogP contribution in [0.2, 0.25) is 8.67 Å².